The molecule has 4 aliphatic rings. The Labute approximate surface area is 134 Å². The molecule has 2 heterocycles. The molecule has 1 N–H and O–H groups in total. The van der Waals surface area contributed by atoms with E-state index in [1.807, 2.05) is 0 Å². The topological polar surface area (TPSA) is 15.3 Å². The van der Waals surface area contributed by atoms with Crippen molar-refractivity contribution in [1.82, 2.24) is 10.2 Å². The van der Waals surface area contributed by atoms with Gasteiger partial charge in [-0.25, -0.2) is 0 Å². The maximum atomic E-state index is 4.40. The highest BCUT2D eigenvalue weighted by Gasteiger charge is 2.39. The summed E-state index contributed by atoms with van der Waals surface area (Å²) in [6.45, 7) is 11.2. The van der Waals surface area contributed by atoms with Gasteiger partial charge in [-0.15, -0.1) is 0 Å². The third-order valence-electron chi connectivity index (χ3n) is 6.14. The molecule has 2 nitrogen and oxygen atoms in total. The molecule has 2 aliphatic heterocycles. The molecule has 1 fully saturated rings. The predicted octanol–water partition coefficient (Wildman–Crippen LogP) is 3.80. The minimum absolute atomic E-state index is 0.536. The first-order chi connectivity index (χ1) is 10.6. The summed E-state index contributed by atoms with van der Waals surface area (Å²) in [5.74, 6) is 1.31. The third-order valence-corrected chi connectivity index (χ3v) is 6.14. The van der Waals surface area contributed by atoms with Gasteiger partial charge in [-0.05, 0) is 55.4 Å². The summed E-state index contributed by atoms with van der Waals surface area (Å²) in [4.78, 5) is 2.54. The van der Waals surface area contributed by atoms with Gasteiger partial charge in [0.2, 0.25) is 0 Å². The monoisotopic (exact) mass is 296 g/mol. The second kappa shape index (κ2) is 5.13. The number of hydrogen-bond acceptors (Lipinski definition) is 2. The highest BCUT2D eigenvalue weighted by atomic mass is 15.1. The zero-order chi connectivity index (χ0) is 15.4. The first-order valence-electron chi connectivity index (χ1n) is 8.84. The number of allylic oxidation sites excluding steroid dienone is 2. The van der Waals surface area contributed by atoms with E-state index in [1.54, 1.807) is 22.3 Å². The van der Waals surface area contributed by atoms with Gasteiger partial charge in [0.15, 0.2) is 0 Å². The van der Waals surface area contributed by atoms with Crippen LogP contribution in [-0.2, 0) is 0 Å². The van der Waals surface area contributed by atoms with Crippen LogP contribution in [0.3, 0.4) is 0 Å². The molecule has 2 aliphatic carbocycles. The lowest BCUT2D eigenvalue weighted by atomic mass is 9.72. The summed E-state index contributed by atoms with van der Waals surface area (Å²) in [7, 11) is 2.28. The number of fused-ring (bicyclic) bond motifs is 1. The Morgan fingerprint density at radius 2 is 2.14 bits per heavy atom. The molecule has 1 saturated heterocycles. The fraction of sp³-hybridized carbons (Fsp3) is 0.600. The Balaban J connectivity index is 1.70. The van der Waals surface area contributed by atoms with Gasteiger partial charge < -0.3 is 5.32 Å². The summed E-state index contributed by atoms with van der Waals surface area (Å²) < 4.78 is 0. The summed E-state index contributed by atoms with van der Waals surface area (Å²) in [5.41, 5.74) is 9.62. The van der Waals surface area contributed by atoms with Crippen LogP contribution < -0.4 is 5.32 Å². The van der Waals surface area contributed by atoms with E-state index in [1.165, 1.54) is 37.0 Å². The molecule has 2 unspecified atom stereocenters. The van der Waals surface area contributed by atoms with E-state index in [-0.39, 0.29) is 0 Å². The number of nitrogens with one attached hydrogen (secondary N) is 1. The molecular formula is C20H28N2. The van der Waals surface area contributed by atoms with Gasteiger partial charge in [0, 0.05) is 30.7 Å². The quantitative estimate of drug-likeness (QED) is 0.780. The van der Waals surface area contributed by atoms with E-state index in [9.17, 15) is 0 Å². The van der Waals surface area contributed by atoms with Crippen LogP contribution in [0, 0.1) is 11.8 Å². The molecular weight excluding hydrogens is 268 g/mol. The average Bonchev–Trinajstić information content (AvgIpc) is 2.91. The molecule has 0 aromatic rings. The Morgan fingerprint density at radius 3 is 2.91 bits per heavy atom. The first kappa shape index (κ1) is 14.3. The number of likely N-dealkylation sites (N-methyl/N-ethyl adjacent to an activating group) is 1. The molecule has 2 heteroatoms. The van der Waals surface area contributed by atoms with Crippen LogP contribution in [0.2, 0.25) is 0 Å². The Morgan fingerprint density at radius 1 is 1.32 bits per heavy atom. The smallest absolute Gasteiger partial charge is 0.0345 e. The molecule has 0 saturated carbocycles. The van der Waals surface area contributed by atoms with Crippen molar-refractivity contribution < 1.29 is 0 Å². The van der Waals surface area contributed by atoms with Crippen molar-refractivity contribution >= 4 is 0 Å². The second-order valence-corrected chi connectivity index (χ2v) is 7.78. The molecule has 0 bridgehead atoms. The van der Waals surface area contributed by atoms with E-state index in [0.29, 0.717) is 12.0 Å². The second-order valence-electron chi connectivity index (χ2n) is 7.78. The van der Waals surface area contributed by atoms with Crippen LogP contribution in [0.5, 0.6) is 0 Å². The molecule has 0 spiro atoms. The summed E-state index contributed by atoms with van der Waals surface area (Å²) in [6, 6.07) is 0.536. The molecule has 118 valence electrons. The standard InChI is InChI=1S/C20H28N2/c1-12(2)13(3)19-9-14-8-15-10-21-18-7-5-6-16(20(15)18)17(14)11-22(19)4/h7,12,15,19,21H,3,5-6,8-11H2,1-2,4H3. The Bertz CT molecular complexity index is 618. The molecule has 0 aromatic carbocycles. The van der Waals surface area contributed by atoms with E-state index in [4.69, 9.17) is 0 Å². The highest BCUT2D eigenvalue weighted by molar-refractivity contribution is 5.56. The maximum Gasteiger partial charge on any atom is 0.0345 e. The molecule has 0 amide bonds. The van der Waals surface area contributed by atoms with Crippen LogP contribution in [0.4, 0.5) is 0 Å². The van der Waals surface area contributed by atoms with Gasteiger partial charge >= 0.3 is 0 Å². The average molecular weight is 296 g/mol. The molecule has 2 atom stereocenters. The van der Waals surface area contributed by atoms with Crippen LogP contribution in [0.1, 0.15) is 39.5 Å². The lowest BCUT2D eigenvalue weighted by Crippen LogP contribution is -2.41. The minimum atomic E-state index is 0.536. The van der Waals surface area contributed by atoms with Gasteiger partial charge in [-0.1, -0.05) is 37.6 Å². The van der Waals surface area contributed by atoms with Crippen LogP contribution in [0.15, 0.2) is 46.2 Å². The lowest BCUT2D eigenvalue weighted by Gasteiger charge is -2.42. The molecule has 4 rings (SSSR count). The molecule has 0 radical (unpaired) electrons. The van der Waals surface area contributed by atoms with Gasteiger partial charge in [-0.2, -0.15) is 0 Å². The summed E-state index contributed by atoms with van der Waals surface area (Å²) in [6.07, 6.45) is 7.35. The van der Waals surface area contributed by atoms with Crippen molar-refractivity contribution in [2.45, 2.75) is 45.6 Å². The van der Waals surface area contributed by atoms with Gasteiger partial charge in [0.05, 0.1) is 0 Å². The summed E-state index contributed by atoms with van der Waals surface area (Å²) in [5, 5.41) is 3.65. The lowest BCUT2D eigenvalue weighted by molar-refractivity contribution is 0.258. The fourth-order valence-corrected chi connectivity index (χ4v) is 4.82. The Kier molecular flexibility index (Phi) is 3.34. The number of hydrogen-bond donors (Lipinski definition) is 1. The van der Waals surface area contributed by atoms with Gasteiger partial charge in [0.25, 0.3) is 0 Å². The van der Waals surface area contributed by atoms with Crippen LogP contribution >= 0.6 is 0 Å². The van der Waals surface area contributed by atoms with E-state index in [2.05, 4.69) is 43.8 Å². The van der Waals surface area contributed by atoms with Crippen LogP contribution in [0.25, 0.3) is 0 Å². The van der Waals surface area contributed by atoms with E-state index < -0.39 is 0 Å². The maximum absolute atomic E-state index is 4.40. The normalized spacial score (nSPS) is 31.0. The molecule has 22 heavy (non-hydrogen) atoms. The number of rotatable bonds is 2. The predicted molar refractivity (Wildman–Crippen MR) is 92.5 cm³/mol. The van der Waals surface area contributed by atoms with Crippen molar-refractivity contribution in [3.63, 3.8) is 0 Å². The highest BCUT2D eigenvalue weighted by Crippen LogP contribution is 2.48. The van der Waals surface area contributed by atoms with Crippen molar-refractivity contribution in [1.29, 1.82) is 0 Å². The van der Waals surface area contributed by atoms with Crippen molar-refractivity contribution in [2.24, 2.45) is 11.8 Å². The van der Waals surface area contributed by atoms with E-state index in [0.717, 1.165) is 19.0 Å². The first-order valence-corrected chi connectivity index (χ1v) is 8.84. The zero-order valence-electron chi connectivity index (χ0n) is 14.2. The van der Waals surface area contributed by atoms with E-state index >= 15 is 0 Å². The SMILES string of the molecule is C=C(C(C)C)C1CC2=C(CN1C)C1=C3C(=CCC1)NCC3C2. The van der Waals surface area contributed by atoms with Gasteiger partial charge in [0.1, 0.15) is 0 Å². The largest absolute Gasteiger partial charge is 0.384 e. The fourth-order valence-electron chi connectivity index (χ4n) is 4.82. The third kappa shape index (κ3) is 2.04. The summed E-state index contributed by atoms with van der Waals surface area (Å²) >= 11 is 0. The van der Waals surface area contributed by atoms with Crippen molar-refractivity contribution in [2.75, 3.05) is 20.1 Å². The number of nitrogens with zero attached hydrogens (tertiary/aromatic N) is 1. The zero-order valence-corrected chi connectivity index (χ0v) is 14.2. The van der Waals surface area contributed by atoms with Crippen LogP contribution in [-0.4, -0.2) is 31.1 Å². The molecule has 0 aromatic heterocycles. The Hall–Kier alpha value is -1.28. The van der Waals surface area contributed by atoms with Crippen molar-refractivity contribution in [3.8, 4) is 0 Å². The van der Waals surface area contributed by atoms with Crippen molar-refractivity contribution in [3.05, 3.63) is 46.2 Å². The van der Waals surface area contributed by atoms with Gasteiger partial charge in [-0.3, -0.25) is 4.90 Å². The minimum Gasteiger partial charge on any atom is -0.384 e.